The van der Waals surface area contributed by atoms with Crippen LogP contribution in [-0.4, -0.2) is 28.1 Å². The molecule has 1 rings (SSSR count). The van der Waals surface area contributed by atoms with Crippen molar-refractivity contribution >= 4 is 27.8 Å². The number of halogens is 1. The largest absolute Gasteiger partial charge is 0.481 e. The molecule has 5 nitrogen and oxygen atoms in total. The predicted octanol–water partition coefficient (Wildman–Crippen LogP) is 2.55. The topological polar surface area (TPSA) is 71.3 Å². The second kappa shape index (κ2) is 7.99. The molecule has 1 amide bonds. The molecule has 0 aliphatic rings. The first-order valence-corrected chi connectivity index (χ1v) is 7.12. The van der Waals surface area contributed by atoms with Crippen molar-refractivity contribution < 1.29 is 14.7 Å². The van der Waals surface area contributed by atoms with Gasteiger partial charge >= 0.3 is 5.97 Å². The molecular formula is C13H19BrN2O3. The summed E-state index contributed by atoms with van der Waals surface area (Å²) in [4.78, 5) is 22.1. The molecule has 0 bridgehead atoms. The minimum absolute atomic E-state index is 0.0845. The first-order valence-electron chi connectivity index (χ1n) is 6.32. The van der Waals surface area contributed by atoms with E-state index >= 15 is 0 Å². The summed E-state index contributed by atoms with van der Waals surface area (Å²) in [5, 5.41) is 11.3. The molecule has 0 atom stereocenters. The van der Waals surface area contributed by atoms with Gasteiger partial charge in [-0.2, -0.15) is 0 Å². The number of carbonyl (C=O) groups is 2. The smallest absolute Gasteiger partial charge is 0.303 e. The number of unbranched alkanes of at least 4 members (excludes halogenated alkanes) is 3. The minimum Gasteiger partial charge on any atom is -0.481 e. The molecule has 0 saturated carbocycles. The standard InChI is InChI=1S/C13H19BrN2O3/c1-16-9-10(14)8-11(16)13(19)15-7-5-3-2-4-6-12(17)18/h8-9H,2-7H2,1H3,(H,15,19)(H,17,18). The van der Waals surface area contributed by atoms with E-state index in [0.29, 0.717) is 18.7 Å². The number of rotatable bonds is 8. The molecule has 6 heteroatoms. The lowest BCUT2D eigenvalue weighted by atomic mass is 10.1. The molecule has 0 aliphatic carbocycles. The number of carboxylic acids is 1. The molecule has 0 spiro atoms. The third-order valence-corrected chi connectivity index (χ3v) is 3.24. The zero-order valence-electron chi connectivity index (χ0n) is 11.0. The van der Waals surface area contributed by atoms with E-state index in [0.717, 1.165) is 23.7 Å². The highest BCUT2D eigenvalue weighted by molar-refractivity contribution is 9.10. The van der Waals surface area contributed by atoms with Gasteiger partial charge in [0, 0.05) is 30.7 Å². The lowest BCUT2D eigenvalue weighted by Crippen LogP contribution is -2.26. The highest BCUT2D eigenvalue weighted by Crippen LogP contribution is 2.13. The van der Waals surface area contributed by atoms with Crippen LogP contribution in [0, 0.1) is 0 Å². The average molecular weight is 331 g/mol. The summed E-state index contributed by atoms with van der Waals surface area (Å²) in [7, 11) is 1.82. The summed E-state index contributed by atoms with van der Waals surface area (Å²) in [6, 6.07) is 1.78. The second-order valence-electron chi connectivity index (χ2n) is 4.47. The summed E-state index contributed by atoms with van der Waals surface area (Å²) in [6.07, 6.45) is 5.46. The zero-order valence-corrected chi connectivity index (χ0v) is 12.6. The maximum atomic E-state index is 11.8. The molecule has 19 heavy (non-hydrogen) atoms. The van der Waals surface area contributed by atoms with Crippen molar-refractivity contribution in [1.29, 1.82) is 0 Å². The summed E-state index contributed by atoms with van der Waals surface area (Å²) >= 11 is 3.32. The normalized spacial score (nSPS) is 10.4. The lowest BCUT2D eigenvalue weighted by molar-refractivity contribution is -0.137. The van der Waals surface area contributed by atoms with Crippen LogP contribution in [0.2, 0.25) is 0 Å². The number of carboxylic acid groups (broad SMARTS) is 1. The second-order valence-corrected chi connectivity index (χ2v) is 5.38. The number of aromatic nitrogens is 1. The maximum absolute atomic E-state index is 11.8. The van der Waals surface area contributed by atoms with E-state index in [1.807, 2.05) is 13.2 Å². The van der Waals surface area contributed by atoms with Gasteiger partial charge in [-0.25, -0.2) is 0 Å². The van der Waals surface area contributed by atoms with Crippen LogP contribution in [0.1, 0.15) is 42.6 Å². The van der Waals surface area contributed by atoms with Crippen LogP contribution in [-0.2, 0) is 11.8 Å². The Morgan fingerprint density at radius 3 is 2.58 bits per heavy atom. The van der Waals surface area contributed by atoms with Gasteiger partial charge in [-0.3, -0.25) is 9.59 Å². The van der Waals surface area contributed by atoms with E-state index < -0.39 is 5.97 Å². The van der Waals surface area contributed by atoms with Crippen LogP contribution in [0.15, 0.2) is 16.7 Å². The molecule has 2 N–H and O–H groups in total. The van der Waals surface area contributed by atoms with E-state index in [9.17, 15) is 9.59 Å². The maximum Gasteiger partial charge on any atom is 0.303 e. The number of aliphatic carboxylic acids is 1. The van der Waals surface area contributed by atoms with E-state index in [2.05, 4.69) is 21.2 Å². The number of nitrogens with zero attached hydrogens (tertiary/aromatic N) is 1. The molecule has 0 aliphatic heterocycles. The zero-order chi connectivity index (χ0) is 14.3. The van der Waals surface area contributed by atoms with Gasteiger partial charge in [-0.15, -0.1) is 0 Å². The number of nitrogens with one attached hydrogen (secondary N) is 1. The average Bonchev–Trinajstić information content (AvgIpc) is 2.66. The molecule has 0 radical (unpaired) electrons. The third-order valence-electron chi connectivity index (χ3n) is 2.81. The Hall–Kier alpha value is -1.30. The number of carbonyl (C=O) groups excluding carboxylic acids is 1. The van der Waals surface area contributed by atoms with Crippen LogP contribution < -0.4 is 5.32 Å². The molecule has 0 aromatic carbocycles. The molecule has 0 saturated heterocycles. The summed E-state index contributed by atoms with van der Waals surface area (Å²) < 4.78 is 2.65. The fourth-order valence-corrected chi connectivity index (χ4v) is 2.32. The Kier molecular flexibility index (Phi) is 6.62. The van der Waals surface area contributed by atoms with Crippen molar-refractivity contribution in [3.05, 3.63) is 22.4 Å². The molecule has 1 aromatic rings. The molecular weight excluding hydrogens is 312 g/mol. The van der Waals surface area contributed by atoms with Crippen LogP contribution >= 0.6 is 15.9 Å². The van der Waals surface area contributed by atoms with E-state index in [4.69, 9.17) is 5.11 Å². The minimum atomic E-state index is -0.748. The van der Waals surface area contributed by atoms with Gasteiger partial charge in [-0.05, 0) is 34.8 Å². The van der Waals surface area contributed by atoms with E-state index in [-0.39, 0.29) is 12.3 Å². The van der Waals surface area contributed by atoms with Crippen LogP contribution in [0.4, 0.5) is 0 Å². The highest BCUT2D eigenvalue weighted by atomic mass is 79.9. The van der Waals surface area contributed by atoms with Crippen molar-refractivity contribution in [3.63, 3.8) is 0 Å². The van der Waals surface area contributed by atoms with Crippen LogP contribution in [0.3, 0.4) is 0 Å². The molecule has 1 heterocycles. The summed E-state index contributed by atoms with van der Waals surface area (Å²) in [6.45, 7) is 0.620. The van der Waals surface area contributed by atoms with Crippen LogP contribution in [0.25, 0.3) is 0 Å². The van der Waals surface area contributed by atoms with Crippen molar-refractivity contribution in [2.75, 3.05) is 6.54 Å². The van der Waals surface area contributed by atoms with Crippen molar-refractivity contribution in [3.8, 4) is 0 Å². The molecule has 106 valence electrons. The van der Waals surface area contributed by atoms with Crippen molar-refractivity contribution in [2.45, 2.75) is 32.1 Å². The monoisotopic (exact) mass is 330 g/mol. The SMILES string of the molecule is Cn1cc(Br)cc1C(=O)NCCCCCCC(=O)O. The Balaban J connectivity index is 2.14. The highest BCUT2D eigenvalue weighted by Gasteiger charge is 2.09. The van der Waals surface area contributed by atoms with Gasteiger partial charge in [0.1, 0.15) is 5.69 Å². The summed E-state index contributed by atoms with van der Waals surface area (Å²) in [5.74, 6) is -0.832. The first kappa shape index (κ1) is 15.8. The fourth-order valence-electron chi connectivity index (χ4n) is 1.80. The van der Waals surface area contributed by atoms with Crippen molar-refractivity contribution in [2.24, 2.45) is 7.05 Å². The van der Waals surface area contributed by atoms with E-state index in [1.165, 1.54) is 0 Å². The number of hydrogen-bond acceptors (Lipinski definition) is 2. The Labute approximate surface area is 121 Å². The number of hydrogen-bond donors (Lipinski definition) is 2. The van der Waals surface area contributed by atoms with Gasteiger partial charge in [0.2, 0.25) is 0 Å². The van der Waals surface area contributed by atoms with E-state index in [1.54, 1.807) is 10.6 Å². The molecule has 0 fully saturated rings. The number of amides is 1. The Morgan fingerprint density at radius 2 is 2.00 bits per heavy atom. The third kappa shape index (κ3) is 5.92. The lowest BCUT2D eigenvalue weighted by Gasteiger charge is -2.05. The van der Waals surface area contributed by atoms with Gasteiger partial charge in [0.15, 0.2) is 0 Å². The fraction of sp³-hybridized carbons (Fsp3) is 0.538. The first-order chi connectivity index (χ1) is 9.00. The summed E-state index contributed by atoms with van der Waals surface area (Å²) in [5.41, 5.74) is 0.623. The van der Waals surface area contributed by atoms with Gasteiger partial charge in [0.25, 0.3) is 5.91 Å². The van der Waals surface area contributed by atoms with Gasteiger partial charge < -0.3 is 15.0 Å². The Morgan fingerprint density at radius 1 is 1.32 bits per heavy atom. The van der Waals surface area contributed by atoms with Gasteiger partial charge in [-0.1, -0.05) is 12.8 Å². The number of aryl methyl sites for hydroxylation is 1. The molecule has 0 unspecified atom stereocenters. The molecule has 1 aromatic heterocycles. The predicted molar refractivity (Wildman–Crippen MR) is 76.2 cm³/mol. The Bertz CT molecular complexity index is 443. The van der Waals surface area contributed by atoms with Gasteiger partial charge in [0.05, 0.1) is 0 Å². The quantitative estimate of drug-likeness (QED) is 0.719. The van der Waals surface area contributed by atoms with Crippen LogP contribution in [0.5, 0.6) is 0 Å². The van der Waals surface area contributed by atoms with Crippen molar-refractivity contribution in [1.82, 2.24) is 9.88 Å².